The molecule has 4 rings (SSSR count). The molecule has 2 fully saturated rings. The molecule has 2 unspecified atom stereocenters. The highest BCUT2D eigenvalue weighted by Gasteiger charge is 2.41. The fourth-order valence-corrected chi connectivity index (χ4v) is 6.11. The van der Waals surface area contributed by atoms with Gasteiger partial charge in [-0.15, -0.1) is 11.8 Å². The molecule has 2 atom stereocenters. The number of methoxy groups -OCH3 is 1. The van der Waals surface area contributed by atoms with Gasteiger partial charge in [0.2, 0.25) is 5.91 Å². The van der Waals surface area contributed by atoms with Crippen molar-refractivity contribution in [3.8, 4) is 5.75 Å². The van der Waals surface area contributed by atoms with Gasteiger partial charge in [-0.1, -0.05) is 54.8 Å². The van der Waals surface area contributed by atoms with E-state index in [-0.39, 0.29) is 24.4 Å². The van der Waals surface area contributed by atoms with Crippen molar-refractivity contribution < 1.29 is 14.3 Å². The van der Waals surface area contributed by atoms with Crippen LogP contribution in [-0.4, -0.2) is 48.2 Å². The summed E-state index contributed by atoms with van der Waals surface area (Å²) in [5.74, 6) is 0.667. The molecule has 0 aromatic heterocycles. The second-order valence-corrected chi connectivity index (χ2v) is 10.1. The van der Waals surface area contributed by atoms with E-state index < -0.39 is 0 Å². The first kappa shape index (κ1) is 23.4. The lowest BCUT2D eigenvalue weighted by molar-refractivity contribution is -0.135. The number of amides is 2. The molecule has 5 nitrogen and oxygen atoms in total. The van der Waals surface area contributed by atoms with Crippen LogP contribution in [0.5, 0.6) is 5.75 Å². The zero-order chi connectivity index (χ0) is 23.2. The zero-order valence-electron chi connectivity index (χ0n) is 19.4. The quantitative estimate of drug-likeness (QED) is 0.609. The number of carbonyl (C=O) groups excluding carboxylic acids is 2. The molecule has 1 N–H and O–H groups in total. The lowest BCUT2D eigenvalue weighted by Crippen LogP contribution is -2.54. The molecule has 2 amide bonds. The zero-order valence-corrected chi connectivity index (χ0v) is 20.2. The van der Waals surface area contributed by atoms with Crippen LogP contribution in [0, 0.1) is 6.92 Å². The van der Waals surface area contributed by atoms with Crippen molar-refractivity contribution in [2.75, 3.05) is 20.2 Å². The summed E-state index contributed by atoms with van der Waals surface area (Å²) in [6, 6.07) is 16.2. The lowest BCUT2D eigenvalue weighted by Gasteiger charge is -2.43. The molecule has 2 aliphatic rings. The molecule has 0 spiro atoms. The summed E-state index contributed by atoms with van der Waals surface area (Å²) >= 11 is 1.68. The van der Waals surface area contributed by atoms with Gasteiger partial charge in [0.25, 0.3) is 5.91 Å². The van der Waals surface area contributed by atoms with Crippen LogP contribution >= 0.6 is 11.8 Å². The van der Waals surface area contributed by atoms with E-state index in [1.807, 2.05) is 41.3 Å². The van der Waals surface area contributed by atoms with Crippen molar-refractivity contribution in [1.82, 2.24) is 10.2 Å². The molecule has 2 aromatic rings. The van der Waals surface area contributed by atoms with Gasteiger partial charge in [0, 0.05) is 17.8 Å². The molecule has 6 heteroatoms. The van der Waals surface area contributed by atoms with E-state index in [1.54, 1.807) is 18.9 Å². The molecule has 1 saturated heterocycles. The van der Waals surface area contributed by atoms with Crippen LogP contribution in [-0.2, 0) is 16.0 Å². The number of rotatable bonds is 7. The molecule has 1 aliphatic carbocycles. The largest absolute Gasteiger partial charge is 0.497 e. The standard InChI is InChI=1S/C27H32N2O3S/c1-19-6-5-7-20(16-19)14-15-28-26(30)18-29-23-8-3-4-9-24(23)33-25(27(29)31)17-21-10-12-22(32-2)13-11-21/h5-7,10-13,16-17,23-24H,3-4,8-9,14-15,18H2,1-2H3,(H,28,30)/b25-17-. The summed E-state index contributed by atoms with van der Waals surface area (Å²) in [6.45, 7) is 2.76. The first-order valence-corrected chi connectivity index (χ1v) is 12.6. The van der Waals surface area contributed by atoms with E-state index in [9.17, 15) is 9.59 Å². The Balaban J connectivity index is 1.43. The van der Waals surface area contributed by atoms with Crippen LogP contribution < -0.4 is 10.1 Å². The fraction of sp³-hybridized carbons (Fsp3) is 0.407. The van der Waals surface area contributed by atoms with Crippen molar-refractivity contribution in [2.24, 2.45) is 0 Å². The number of thioether (sulfide) groups is 1. The minimum absolute atomic E-state index is 0.0344. The minimum Gasteiger partial charge on any atom is -0.497 e. The number of nitrogens with one attached hydrogen (secondary N) is 1. The van der Waals surface area contributed by atoms with Gasteiger partial charge in [-0.2, -0.15) is 0 Å². The summed E-state index contributed by atoms with van der Waals surface area (Å²) < 4.78 is 5.23. The highest BCUT2D eigenvalue weighted by atomic mass is 32.2. The minimum atomic E-state index is -0.0870. The molecule has 1 aliphatic heterocycles. The first-order valence-electron chi connectivity index (χ1n) is 11.7. The van der Waals surface area contributed by atoms with Gasteiger partial charge in [-0.3, -0.25) is 9.59 Å². The number of hydrogen-bond acceptors (Lipinski definition) is 4. The Morgan fingerprint density at radius 1 is 1.18 bits per heavy atom. The molecule has 1 heterocycles. The van der Waals surface area contributed by atoms with Crippen molar-refractivity contribution in [3.05, 3.63) is 70.1 Å². The molecule has 0 bridgehead atoms. The Labute approximate surface area is 200 Å². The maximum atomic E-state index is 13.4. The normalized spacial score (nSPS) is 21.6. The Hall–Kier alpha value is -2.73. The summed E-state index contributed by atoms with van der Waals surface area (Å²) in [5.41, 5.74) is 3.39. The second kappa shape index (κ2) is 10.9. The average molecular weight is 465 g/mol. The van der Waals surface area contributed by atoms with Gasteiger partial charge in [0.15, 0.2) is 0 Å². The van der Waals surface area contributed by atoms with E-state index in [0.29, 0.717) is 11.8 Å². The number of fused-ring (bicyclic) bond motifs is 1. The predicted octanol–water partition coefficient (Wildman–Crippen LogP) is 4.59. The fourth-order valence-electron chi connectivity index (χ4n) is 4.64. The van der Waals surface area contributed by atoms with Gasteiger partial charge in [-0.25, -0.2) is 0 Å². The average Bonchev–Trinajstić information content (AvgIpc) is 2.82. The van der Waals surface area contributed by atoms with Crippen LogP contribution in [0.1, 0.15) is 42.4 Å². The monoisotopic (exact) mass is 464 g/mol. The van der Waals surface area contributed by atoms with Crippen molar-refractivity contribution in [2.45, 2.75) is 50.3 Å². The summed E-state index contributed by atoms with van der Waals surface area (Å²) in [7, 11) is 1.64. The van der Waals surface area contributed by atoms with Crippen LogP contribution in [0.2, 0.25) is 0 Å². The Morgan fingerprint density at radius 3 is 2.73 bits per heavy atom. The van der Waals surface area contributed by atoms with Crippen LogP contribution in [0.3, 0.4) is 0 Å². The van der Waals surface area contributed by atoms with E-state index in [0.717, 1.165) is 41.9 Å². The van der Waals surface area contributed by atoms with Gasteiger partial charge in [0.1, 0.15) is 12.3 Å². The summed E-state index contributed by atoms with van der Waals surface area (Å²) in [6.07, 6.45) is 7.06. The van der Waals surface area contributed by atoms with E-state index in [4.69, 9.17) is 4.74 Å². The van der Waals surface area contributed by atoms with Crippen LogP contribution in [0.4, 0.5) is 0 Å². The van der Waals surface area contributed by atoms with Gasteiger partial charge in [-0.05, 0) is 55.5 Å². The third kappa shape index (κ3) is 5.99. The highest BCUT2D eigenvalue weighted by Crippen LogP contribution is 2.42. The number of benzene rings is 2. The van der Waals surface area contributed by atoms with Crippen molar-refractivity contribution in [3.63, 3.8) is 0 Å². The number of aryl methyl sites for hydroxylation is 1. The molecule has 33 heavy (non-hydrogen) atoms. The van der Waals surface area contributed by atoms with E-state index >= 15 is 0 Å². The van der Waals surface area contributed by atoms with Gasteiger partial charge >= 0.3 is 0 Å². The molecular weight excluding hydrogens is 432 g/mol. The lowest BCUT2D eigenvalue weighted by atomic mass is 9.93. The number of carbonyl (C=O) groups is 2. The third-order valence-electron chi connectivity index (χ3n) is 6.36. The molecule has 0 radical (unpaired) electrons. The topological polar surface area (TPSA) is 58.6 Å². The molecule has 2 aromatic carbocycles. The van der Waals surface area contributed by atoms with Gasteiger partial charge < -0.3 is 15.0 Å². The van der Waals surface area contributed by atoms with Crippen LogP contribution in [0.25, 0.3) is 6.08 Å². The summed E-state index contributed by atoms with van der Waals surface area (Å²) in [4.78, 5) is 28.7. The Bertz CT molecular complexity index is 1020. The summed E-state index contributed by atoms with van der Waals surface area (Å²) in [5, 5.41) is 3.37. The highest BCUT2D eigenvalue weighted by molar-refractivity contribution is 8.04. The molecule has 1 saturated carbocycles. The SMILES string of the molecule is COc1ccc(/C=C2\SC3CCCCC3N(CC(=O)NCCc3cccc(C)c3)C2=O)cc1. The number of nitrogens with zero attached hydrogens (tertiary/aromatic N) is 1. The second-order valence-electron chi connectivity index (χ2n) is 8.81. The predicted molar refractivity (Wildman–Crippen MR) is 134 cm³/mol. The number of ether oxygens (including phenoxy) is 1. The Morgan fingerprint density at radius 2 is 1.97 bits per heavy atom. The van der Waals surface area contributed by atoms with Crippen molar-refractivity contribution in [1.29, 1.82) is 0 Å². The van der Waals surface area contributed by atoms with Gasteiger partial charge in [0.05, 0.1) is 12.0 Å². The third-order valence-corrected chi connectivity index (χ3v) is 7.76. The first-order chi connectivity index (χ1) is 16.0. The van der Waals surface area contributed by atoms with Crippen molar-refractivity contribution >= 4 is 29.7 Å². The number of hydrogen-bond donors (Lipinski definition) is 1. The molecular formula is C27H32N2O3S. The van der Waals surface area contributed by atoms with E-state index in [2.05, 4.69) is 30.4 Å². The molecule has 174 valence electrons. The maximum absolute atomic E-state index is 13.4. The van der Waals surface area contributed by atoms with E-state index in [1.165, 1.54) is 17.5 Å². The smallest absolute Gasteiger partial charge is 0.261 e. The Kier molecular flexibility index (Phi) is 7.76. The van der Waals surface area contributed by atoms with Crippen LogP contribution in [0.15, 0.2) is 53.4 Å². The maximum Gasteiger partial charge on any atom is 0.261 e.